The molecular weight excluding hydrogens is 500 g/mol. The van der Waals surface area contributed by atoms with Crippen LogP contribution in [0.3, 0.4) is 0 Å². The van der Waals surface area contributed by atoms with Gasteiger partial charge in [0.15, 0.2) is 0 Å². The van der Waals surface area contributed by atoms with E-state index in [2.05, 4.69) is 11.0 Å². The fourth-order valence-corrected chi connectivity index (χ4v) is 6.55. The van der Waals surface area contributed by atoms with Gasteiger partial charge in [0.05, 0.1) is 15.6 Å². The lowest BCUT2D eigenvalue weighted by Crippen LogP contribution is -2.17. The van der Waals surface area contributed by atoms with Crippen molar-refractivity contribution < 1.29 is 17.9 Å². The van der Waals surface area contributed by atoms with Gasteiger partial charge in [-0.2, -0.15) is 8.42 Å². The first kappa shape index (κ1) is 23.2. The molecule has 0 saturated heterocycles. The number of halogens is 1. The monoisotopic (exact) mass is 516 g/mol. The van der Waals surface area contributed by atoms with E-state index in [9.17, 15) is 13.2 Å². The van der Waals surface area contributed by atoms with Crippen LogP contribution in [-0.2, 0) is 16.6 Å². The van der Waals surface area contributed by atoms with E-state index in [1.54, 1.807) is 59.2 Å². The molecular formula is C23H17ClN2O4S3. The van der Waals surface area contributed by atoms with Crippen molar-refractivity contribution in [3.8, 4) is 17.0 Å². The van der Waals surface area contributed by atoms with Gasteiger partial charge in [0.2, 0.25) is 4.80 Å². The summed E-state index contributed by atoms with van der Waals surface area (Å²) in [6, 6.07) is 18.7. The van der Waals surface area contributed by atoms with Crippen LogP contribution < -0.4 is 9.54 Å². The molecule has 0 bridgehead atoms. The minimum atomic E-state index is -3.89. The summed E-state index contributed by atoms with van der Waals surface area (Å²) >= 11 is 8.04. The van der Waals surface area contributed by atoms with Gasteiger partial charge in [-0.05, 0) is 54.1 Å². The Labute approximate surface area is 203 Å². The summed E-state index contributed by atoms with van der Waals surface area (Å²) in [5.74, 6) is -0.0410. The van der Waals surface area contributed by atoms with Gasteiger partial charge in [-0.1, -0.05) is 35.9 Å². The number of benzene rings is 2. The Morgan fingerprint density at radius 2 is 1.82 bits per heavy atom. The van der Waals surface area contributed by atoms with Gasteiger partial charge < -0.3 is 9.30 Å². The highest BCUT2D eigenvalue weighted by Gasteiger charge is 2.17. The lowest BCUT2D eigenvalue weighted by atomic mass is 10.1. The minimum absolute atomic E-state index is 0.0807. The number of esters is 1. The Morgan fingerprint density at radius 3 is 2.45 bits per heavy atom. The maximum atomic E-state index is 12.7. The van der Waals surface area contributed by atoms with Gasteiger partial charge in [0.1, 0.15) is 9.96 Å². The molecule has 4 aromatic rings. The number of rotatable bonds is 7. The summed E-state index contributed by atoms with van der Waals surface area (Å²) in [6.45, 7) is 4.13. The van der Waals surface area contributed by atoms with Gasteiger partial charge in [-0.3, -0.25) is 0 Å². The topological polar surface area (TPSA) is 77.7 Å². The maximum absolute atomic E-state index is 12.7. The highest BCUT2D eigenvalue weighted by atomic mass is 35.5. The van der Waals surface area contributed by atoms with E-state index in [0.29, 0.717) is 27.0 Å². The van der Waals surface area contributed by atoms with Gasteiger partial charge in [0.25, 0.3) is 10.0 Å². The molecule has 6 nitrogen and oxygen atoms in total. The van der Waals surface area contributed by atoms with Crippen LogP contribution in [0, 0.1) is 0 Å². The number of hydrogen-bond acceptors (Lipinski definition) is 6. The number of thiophene rings is 1. The summed E-state index contributed by atoms with van der Waals surface area (Å²) < 4.78 is 37.0. The number of carbonyl (C=O) groups excluding carboxylic acids is 1. The zero-order valence-electron chi connectivity index (χ0n) is 17.0. The summed E-state index contributed by atoms with van der Waals surface area (Å²) in [7, 11) is -3.89. The molecule has 168 valence electrons. The molecule has 2 aromatic carbocycles. The van der Waals surface area contributed by atoms with E-state index >= 15 is 0 Å². The molecule has 33 heavy (non-hydrogen) atoms. The van der Waals surface area contributed by atoms with Crippen molar-refractivity contribution in [3.63, 3.8) is 0 Å². The molecule has 0 spiro atoms. The molecule has 0 fully saturated rings. The predicted octanol–water partition coefficient (Wildman–Crippen LogP) is 5.63. The van der Waals surface area contributed by atoms with Gasteiger partial charge in [-0.15, -0.1) is 33.7 Å². The first-order valence-corrected chi connectivity index (χ1v) is 13.1. The van der Waals surface area contributed by atoms with Crippen molar-refractivity contribution in [2.75, 3.05) is 0 Å². The second-order valence-corrected chi connectivity index (χ2v) is 11.1. The van der Waals surface area contributed by atoms with Crippen LogP contribution in [0.25, 0.3) is 11.3 Å². The zero-order chi connectivity index (χ0) is 23.4. The average Bonchev–Trinajstić information content (AvgIpc) is 3.42. The summed E-state index contributed by atoms with van der Waals surface area (Å²) in [5, 5.41) is 1.82. The maximum Gasteiger partial charge on any atom is 0.343 e. The zero-order valence-corrected chi connectivity index (χ0v) is 20.3. The lowest BCUT2D eigenvalue weighted by Gasteiger charge is -2.08. The number of sulfonamides is 1. The van der Waals surface area contributed by atoms with E-state index in [1.165, 1.54) is 23.5 Å². The van der Waals surface area contributed by atoms with E-state index in [4.69, 9.17) is 16.3 Å². The molecule has 4 rings (SSSR count). The third-order valence-electron chi connectivity index (χ3n) is 4.48. The highest BCUT2D eigenvalue weighted by Crippen LogP contribution is 2.27. The van der Waals surface area contributed by atoms with Crippen LogP contribution in [-0.4, -0.2) is 19.0 Å². The standard InChI is InChI=1S/C23H17ClN2O4S3/c1-2-14-26-19(15-31-23(26)25-33(28,29)21-13-12-20(24)32-21)16-8-10-18(11-9-16)30-22(27)17-6-4-3-5-7-17/h2-13,15H,1,14H2/b25-23+. The third kappa shape index (κ3) is 5.33. The van der Waals surface area contributed by atoms with E-state index in [0.717, 1.165) is 22.6 Å². The van der Waals surface area contributed by atoms with Crippen molar-refractivity contribution >= 4 is 50.3 Å². The number of hydrogen-bond donors (Lipinski definition) is 0. The van der Waals surface area contributed by atoms with E-state index in [-0.39, 0.29) is 4.21 Å². The van der Waals surface area contributed by atoms with Crippen LogP contribution in [0.5, 0.6) is 5.75 Å². The number of ether oxygens (including phenoxy) is 1. The van der Waals surface area contributed by atoms with E-state index < -0.39 is 16.0 Å². The van der Waals surface area contributed by atoms with Crippen LogP contribution in [0.4, 0.5) is 0 Å². The molecule has 0 aliphatic carbocycles. The van der Waals surface area contributed by atoms with Gasteiger partial charge in [-0.25, -0.2) is 4.79 Å². The molecule has 0 atom stereocenters. The largest absolute Gasteiger partial charge is 0.423 e. The van der Waals surface area contributed by atoms with Crippen molar-refractivity contribution in [2.45, 2.75) is 10.8 Å². The number of thiazole rings is 1. The number of allylic oxidation sites excluding steroid dienone is 1. The highest BCUT2D eigenvalue weighted by molar-refractivity contribution is 7.92. The van der Waals surface area contributed by atoms with E-state index in [1.807, 2.05) is 11.4 Å². The summed E-state index contributed by atoms with van der Waals surface area (Å²) in [4.78, 5) is 12.6. The van der Waals surface area contributed by atoms with Crippen molar-refractivity contribution in [2.24, 2.45) is 4.40 Å². The SMILES string of the molecule is C=CCn1c(-c2ccc(OC(=O)c3ccccc3)cc2)cs/c1=N/S(=O)(=O)c1ccc(Cl)s1. The number of aromatic nitrogens is 1. The summed E-state index contributed by atoms with van der Waals surface area (Å²) in [6.07, 6.45) is 1.67. The molecule has 2 aromatic heterocycles. The Kier molecular flexibility index (Phi) is 6.94. The Morgan fingerprint density at radius 1 is 1.09 bits per heavy atom. The van der Waals surface area contributed by atoms with Crippen LogP contribution in [0.2, 0.25) is 4.34 Å². The Bertz CT molecular complexity index is 1470. The second-order valence-electron chi connectivity index (χ2n) is 6.71. The second kappa shape index (κ2) is 9.88. The fourth-order valence-electron chi connectivity index (χ4n) is 2.96. The van der Waals surface area contributed by atoms with Crippen molar-refractivity contribution in [1.29, 1.82) is 0 Å². The third-order valence-corrected chi connectivity index (χ3v) is 8.43. The van der Waals surface area contributed by atoms with Crippen LogP contribution >= 0.6 is 34.3 Å². The molecule has 0 aliphatic rings. The lowest BCUT2D eigenvalue weighted by molar-refractivity contribution is 0.0734. The molecule has 2 heterocycles. The smallest absolute Gasteiger partial charge is 0.343 e. The van der Waals surface area contributed by atoms with Gasteiger partial charge >= 0.3 is 5.97 Å². The molecule has 0 saturated carbocycles. The fraction of sp³-hybridized carbons (Fsp3) is 0.0435. The number of nitrogens with zero attached hydrogens (tertiary/aromatic N) is 2. The minimum Gasteiger partial charge on any atom is -0.423 e. The average molecular weight is 517 g/mol. The van der Waals surface area contributed by atoms with Gasteiger partial charge in [0, 0.05) is 11.9 Å². The normalized spacial score (nSPS) is 12.0. The van der Waals surface area contributed by atoms with Crippen molar-refractivity contribution in [1.82, 2.24) is 4.57 Å². The molecule has 10 heteroatoms. The number of carbonyl (C=O) groups is 1. The molecule has 0 aliphatic heterocycles. The predicted molar refractivity (Wildman–Crippen MR) is 131 cm³/mol. The molecule has 0 amide bonds. The Hall–Kier alpha value is -2.98. The Balaban J connectivity index is 1.64. The quantitative estimate of drug-likeness (QED) is 0.181. The first-order chi connectivity index (χ1) is 15.9. The first-order valence-electron chi connectivity index (χ1n) is 9.60. The molecule has 0 unspecified atom stereocenters. The molecule has 0 radical (unpaired) electrons. The van der Waals surface area contributed by atoms with Crippen LogP contribution in [0.1, 0.15) is 10.4 Å². The van der Waals surface area contributed by atoms with Crippen LogP contribution in [0.15, 0.2) is 93.4 Å². The molecule has 0 N–H and O–H groups in total. The summed E-state index contributed by atoms with van der Waals surface area (Å²) in [5.41, 5.74) is 2.03. The van der Waals surface area contributed by atoms with Crippen molar-refractivity contribution in [3.05, 3.63) is 99.5 Å².